The van der Waals surface area contributed by atoms with E-state index in [1.807, 2.05) is 42.7 Å². The predicted octanol–water partition coefficient (Wildman–Crippen LogP) is 12.7. The van der Waals surface area contributed by atoms with E-state index in [0.717, 1.165) is 78.5 Å². The second-order valence-corrected chi connectivity index (χ2v) is 14.3. The second kappa shape index (κ2) is 12.9. The Balaban J connectivity index is 1.23. The van der Waals surface area contributed by atoms with Crippen molar-refractivity contribution in [1.29, 1.82) is 0 Å². The third-order valence-corrected chi connectivity index (χ3v) is 11.3. The molecule has 0 radical (unpaired) electrons. The van der Waals surface area contributed by atoms with Crippen molar-refractivity contribution in [3.05, 3.63) is 223 Å². The molecule has 3 heterocycles. The molecular formula is C52H33N3O. The van der Waals surface area contributed by atoms with Gasteiger partial charge in [-0.15, -0.1) is 0 Å². The van der Waals surface area contributed by atoms with E-state index >= 15 is 0 Å². The molecule has 0 amide bonds. The number of para-hydroxylation sites is 2. The van der Waals surface area contributed by atoms with Crippen LogP contribution >= 0.6 is 0 Å². The van der Waals surface area contributed by atoms with Crippen molar-refractivity contribution in [2.45, 2.75) is 5.41 Å². The number of hydrogen-bond donors (Lipinski definition) is 0. The van der Waals surface area contributed by atoms with Gasteiger partial charge in [0, 0.05) is 45.8 Å². The first-order valence-corrected chi connectivity index (χ1v) is 18.9. The molecule has 4 nitrogen and oxygen atoms in total. The van der Waals surface area contributed by atoms with Gasteiger partial charge in [0.15, 0.2) is 5.82 Å². The van der Waals surface area contributed by atoms with Gasteiger partial charge >= 0.3 is 0 Å². The summed E-state index contributed by atoms with van der Waals surface area (Å²) in [4.78, 5) is 15.2. The van der Waals surface area contributed by atoms with Gasteiger partial charge in [-0.1, -0.05) is 158 Å². The van der Waals surface area contributed by atoms with Crippen LogP contribution in [0.1, 0.15) is 22.3 Å². The summed E-state index contributed by atoms with van der Waals surface area (Å²) in [5.74, 6) is 2.39. The minimum Gasteiger partial charge on any atom is -0.457 e. The molecule has 0 fully saturated rings. The highest BCUT2D eigenvalue weighted by molar-refractivity contribution is 6.02. The quantitative estimate of drug-likeness (QED) is 0.178. The predicted molar refractivity (Wildman–Crippen MR) is 224 cm³/mol. The Kier molecular flexibility index (Phi) is 7.36. The van der Waals surface area contributed by atoms with Gasteiger partial charge < -0.3 is 4.74 Å². The maximum Gasteiger partial charge on any atom is 0.160 e. The molecule has 2 aliphatic rings. The number of rotatable bonds is 5. The monoisotopic (exact) mass is 715 g/mol. The van der Waals surface area contributed by atoms with Crippen LogP contribution in [-0.4, -0.2) is 15.0 Å². The maximum atomic E-state index is 6.66. The first-order valence-electron chi connectivity index (χ1n) is 18.9. The zero-order valence-electron chi connectivity index (χ0n) is 30.3. The minimum atomic E-state index is -0.646. The van der Waals surface area contributed by atoms with Crippen molar-refractivity contribution in [2.24, 2.45) is 0 Å². The van der Waals surface area contributed by atoms with Crippen LogP contribution in [0.25, 0.3) is 67.3 Å². The summed E-state index contributed by atoms with van der Waals surface area (Å²) in [5, 5.41) is 0. The Hall–Kier alpha value is -7.43. The number of aromatic nitrogens is 3. The molecule has 0 saturated carbocycles. The normalized spacial score (nSPS) is 12.9. The molecule has 4 heteroatoms. The fraction of sp³-hybridized carbons (Fsp3) is 0.0192. The number of pyridine rings is 1. The van der Waals surface area contributed by atoms with E-state index in [1.54, 1.807) is 0 Å². The Labute approximate surface area is 325 Å². The number of ether oxygens (including phenoxy) is 1. The number of benzene rings is 7. The summed E-state index contributed by atoms with van der Waals surface area (Å²) in [5.41, 5.74) is 15.5. The zero-order valence-corrected chi connectivity index (χ0v) is 30.3. The van der Waals surface area contributed by atoms with Crippen LogP contribution in [0.5, 0.6) is 11.5 Å². The smallest absolute Gasteiger partial charge is 0.160 e. The van der Waals surface area contributed by atoms with Crippen LogP contribution in [0.15, 0.2) is 200 Å². The van der Waals surface area contributed by atoms with Crippen molar-refractivity contribution >= 4 is 0 Å². The van der Waals surface area contributed by atoms with Crippen molar-refractivity contribution in [3.63, 3.8) is 0 Å². The second-order valence-electron chi connectivity index (χ2n) is 14.3. The molecule has 0 bridgehead atoms. The molecule has 2 aromatic heterocycles. The molecule has 0 atom stereocenters. The molecule has 11 rings (SSSR count). The summed E-state index contributed by atoms with van der Waals surface area (Å²) >= 11 is 0. The van der Waals surface area contributed by atoms with Gasteiger partial charge in [-0.25, -0.2) is 9.97 Å². The van der Waals surface area contributed by atoms with E-state index in [9.17, 15) is 0 Å². The van der Waals surface area contributed by atoms with Crippen molar-refractivity contribution in [1.82, 2.24) is 15.0 Å². The molecule has 1 spiro atoms. The fourth-order valence-corrected chi connectivity index (χ4v) is 8.90. The molecule has 9 aromatic rings. The van der Waals surface area contributed by atoms with E-state index in [1.165, 1.54) is 16.7 Å². The molecular weight excluding hydrogens is 683 g/mol. The standard InChI is InChI=1S/C52H33N3O/c1-3-15-34(16-4-1)36-19-11-20-37(31-36)45-32-46(55-51(54-45)35-17-5-2-6-18-35)40-23-13-27-44-50(40)49-39(38-21-14-30-53-33-38)22-12-26-43(49)52(44)41-24-7-9-28-47(41)56-48-29-10-8-25-42(48)52/h1-33H. The first-order chi connectivity index (χ1) is 27.8. The van der Waals surface area contributed by atoms with Gasteiger partial charge in [0.05, 0.1) is 16.8 Å². The maximum absolute atomic E-state index is 6.66. The van der Waals surface area contributed by atoms with Crippen LogP contribution in [-0.2, 0) is 5.41 Å². The molecule has 0 N–H and O–H groups in total. The molecule has 262 valence electrons. The highest BCUT2D eigenvalue weighted by Crippen LogP contribution is 2.64. The van der Waals surface area contributed by atoms with Gasteiger partial charge in [0.2, 0.25) is 0 Å². The lowest BCUT2D eigenvalue weighted by atomic mass is 9.66. The third kappa shape index (κ3) is 4.89. The first kappa shape index (κ1) is 32.0. The molecule has 56 heavy (non-hydrogen) atoms. The SMILES string of the molecule is c1ccc(-c2cccc(-c3cc(-c4cccc5c4-c4c(-c6cccnc6)cccc4C54c5ccccc5Oc5ccccc54)nc(-c4ccccc4)n3)c2)cc1. The van der Waals surface area contributed by atoms with Gasteiger partial charge in [-0.2, -0.15) is 0 Å². The van der Waals surface area contributed by atoms with Gasteiger partial charge in [-0.05, 0) is 69.3 Å². The molecule has 7 aromatic carbocycles. The highest BCUT2D eigenvalue weighted by atomic mass is 16.5. The summed E-state index contributed by atoms with van der Waals surface area (Å²) in [6.45, 7) is 0. The van der Waals surface area contributed by atoms with E-state index in [4.69, 9.17) is 14.7 Å². The summed E-state index contributed by atoms with van der Waals surface area (Å²) < 4.78 is 6.66. The van der Waals surface area contributed by atoms with Crippen LogP contribution in [0.4, 0.5) is 0 Å². The fourth-order valence-electron chi connectivity index (χ4n) is 8.90. The van der Waals surface area contributed by atoms with Crippen molar-refractivity contribution < 1.29 is 4.74 Å². The highest BCUT2D eigenvalue weighted by Gasteiger charge is 2.52. The molecule has 1 aliphatic carbocycles. The molecule has 0 saturated heterocycles. The van der Waals surface area contributed by atoms with Crippen LogP contribution in [0.2, 0.25) is 0 Å². The largest absolute Gasteiger partial charge is 0.457 e. The zero-order chi connectivity index (χ0) is 37.1. The Morgan fingerprint density at radius 2 is 0.911 bits per heavy atom. The van der Waals surface area contributed by atoms with Crippen molar-refractivity contribution in [2.75, 3.05) is 0 Å². The van der Waals surface area contributed by atoms with Crippen LogP contribution < -0.4 is 4.74 Å². The van der Waals surface area contributed by atoms with Gasteiger partial charge in [-0.3, -0.25) is 4.98 Å². The Bertz CT molecular complexity index is 2900. The van der Waals surface area contributed by atoms with Crippen LogP contribution in [0.3, 0.4) is 0 Å². The lowest BCUT2D eigenvalue weighted by molar-refractivity contribution is 0.436. The molecule has 1 aliphatic heterocycles. The van der Waals surface area contributed by atoms with Gasteiger partial charge in [0.1, 0.15) is 11.5 Å². The average Bonchev–Trinajstić information content (AvgIpc) is 3.58. The van der Waals surface area contributed by atoms with Crippen LogP contribution in [0, 0.1) is 0 Å². The average molecular weight is 716 g/mol. The number of hydrogen-bond acceptors (Lipinski definition) is 4. The summed E-state index contributed by atoms with van der Waals surface area (Å²) in [7, 11) is 0. The summed E-state index contributed by atoms with van der Waals surface area (Å²) in [6.07, 6.45) is 3.80. The third-order valence-electron chi connectivity index (χ3n) is 11.3. The Morgan fingerprint density at radius 1 is 0.375 bits per heavy atom. The Morgan fingerprint density at radius 3 is 1.61 bits per heavy atom. The topological polar surface area (TPSA) is 47.9 Å². The van der Waals surface area contributed by atoms with E-state index in [-0.39, 0.29) is 0 Å². The lowest BCUT2D eigenvalue weighted by Gasteiger charge is -2.39. The van der Waals surface area contributed by atoms with E-state index in [0.29, 0.717) is 5.82 Å². The number of fused-ring (bicyclic) bond motifs is 9. The number of nitrogens with zero attached hydrogens (tertiary/aromatic N) is 3. The summed E-state index contributed by atoms with van der Waals surface area (Å²) in [6, 6.07) is 66.1. The molecule has 0 unspecified atom stereocenters. The minimum absolute atomic E-state index is 0.646. The van der Waals surface area contributed by atoms with Crippen molar-refractivity contribution in [3.8, 4) is 78.8 Å². The lowest BCUT2D eigenvalue weighted by Crippen LogP contribution is -2.32. The van der Waals surface area contributed by atoms with E-state index < -0.39 is 5.41 Å². The van der Waals surface area contributed by atoms with Gasteiger partial charge in [0.25, 0.3) is 0 Å². The van der Waals surface area contributed by atoms with E-state index in [2.05, 4.69) is 163 Å².